The molecule has 0 saturated carbocycles. The number of hydrogen-bond acceptors (Lipinski definition) is 4. The topological polar surface area (TPSA) is 61.9 Å². The summed E-state index contributed by atoms with van der Waals surface area (Å²) in [5.74, 6) is 1.31. The molecule has 0 fully saturated rings. The first-order valence-electron chi connectivity index (χ1n) is 19.8. The van der Waals surface area contributed by atoms with E-state index in [1.165, 1.54) is 49.0 Å². The molecule has 6 nitrogen and oxygen atoms in total. The molecule has 1 atom stereocenters. The average Bonchev–Trinajstić information content (AvgIpc) is 3.93. The van der Waals surface area contributed by atoms with Gasteiger partial charge in [-0.15, -0.1) is 5.73 Å². The van der Waals surface area contributed by atoms with Gasteiger partial charge in [-0.25, -0.2) is 9.97 Å². The highest BCUT2D eigenvalue weighted by Crippen LogP contribution is 2.51. The Balaban J connectivity index is 1.16. The molecule has 3 aliphatic carbocycles. The number of furan rings is 2. The zero-order valence-electron chi connectivity index (χ0n) is 30.6. The fraction of sp³-hybridized carbons (Fsp3) is 0.0784. The summed E-state index contributed by atoms with van der Waals surface area (Å²) in [6.07, 6.45) is 16.0. The van der Waals surface area contributed by atoms with Gasteiger partial charge in [0.15, 0.2) is 5.58 Å². The van der Waals surface area contributed by atoms with Gasteiger partial charge in [-0.3, -0.25) is 4.57 Å². The van der Waals surface area contributed by atoms with Gasteiger partial charge in [0.1, 0.15) is 28.1 Å². The van der Waals surface area contributed by atoms with Gasteiger partial charge in [0.05, 0.1) is 22.6 Å². The molecule has 0 saturated heterocycles. The lowest BCUT2D eigenvalue weighted by atomic mass is 9.95. The van der Waals surface area contributed by atoms with Gasteiger partial charge in [0.2, 0.25) is 5.95 Å². The van der Waals surface area contributed by atoms with Crippen molar-refractivity contribution in [3.05, 3.63) is 144 Å². The Morgan fingerprint density at radius 2 is 1.47 bits per heavy atom. The first kappa shape index (κ1) is 29.9. The van der Waals surface area contributed by atoms with E-state index in [2.05, 4.69) is 136 Å². The molecule has 6 heteroatoms. The minimum atomic E-state index is 0.228. The molecule has 0 radical (unpaired) electrons. The van der Waals surface area contributed by atoms with E-state index in [0.717, 1.165) is 85.8 Å². The third kappa shape index (κ3) is 3.76. The van der Waals surface area contributed by atoms with Gasteiger partial charge in [0.25, 0.3) is 0 Å². The molecule has 0 amide bonds. The number of para-hydroxylation sites is 2. The van der Waals surface area contributed by atoms with E-state index in [0.29, 0.717) is 11.5 Å². The second-order valence-corrected chi connectivity index (χ2v) is 15.6. The molecule has 5 heterocycles. The summed E-state index contributed by atoms with van der Waals surface area (Å²) < 4.78 is 18.2. The highest BCUT2D eigenvalue weighted by molar-refractivity contribution is 6.38. The molecule has 266 valence electrons. The van der Waals surface area contributed by atoms with Crippen molar-refractivity contribution in [1.82, 2.24) is 19.1 Å². The van der Waals surface area contributed by atoms with E-state index >= 15 is 0 Å². The van der Waals surface area contributed by atoms with Crippen LogP contribution in [0, 0.1) is 0 Å². The molecule has 0 N–H and O–H groups in total. The fourth-order valence-electron chi connectivity index (χ4n) is 10.4. The third-order valence-electron chi connectivity index (χ3n) is 12.7. The van der Waals surface area contributed by atoms with Gasteiger partial charge in [-0.2, -0.15) is 0 Å². The molecule has 0 aliphatic heterocycles. The van der Waals surface area contributed by atoms with Crippen LogP contribution in [0.25, 0.3) is 128 Å². The van der Waals surface area contributed by atoms with Gasteiger partial charge >= 0.3 is 0 Å². The van der Waals surface area contributed by atoms with E-state index in [9.17, 15) is 0 Å². The quantitative estimate of drug-likeness (QED) is 0.134. The molecular formula is C51H30N4O2. The number of aromatic nitrogens is 4. The van der Waals surface area contributed by atoms with E-state index in [-0.39, 0.29) is 6.04 Å². The predicted octanol–water partition coefficient (Wildman–Crippen LogP) is 13.6. The number of hydrogen-bond donors (Lipinski definition) is 0. The lowest BCUT2D eigenvalue weighted by Crippen LogP contribution is -2.09. The van der Waals surface area contributed by atoms with Crippen molar-refractivity contribution >= 4 is 99.6 Å². The van der Waals surface area contributed by atoms with Crippen molar-refractivity contribution in [3.63, 3.8) is 0 Å². The summed E-state index contributed by atoms with van der Waals surface area (Å²) >= 11 is 0. The van der Waals surface area contributed by atoms with E-state index < -0.39 is 0 Å². The number of benzene rings is 6. The van der Waals surface area contributed by atoms with Crippen LogP contribution in [0.3, 0.4) is 0 Å². The lowest BCUT2D eigenvalue weighted by molar-refractivity contribution is 0.542. The summed E-state index contributed by atoms with van der Waals surface area (Å²) in [4.78, 5) is 11.1. The first-order valence-corrected chi connectivity index (χ1v) is 19.8. The molecule has 3 aliphatic rings. The van der Waals surface area contributed by atoms with Crippen LogP contribution in [-0.4, -0.2) is 19.1 Å². The molecule has 6 aromatic carbocycles. The van der Waals surface area contributed by atoms with Gasteiger partial charge in [-0.05, 0) is 83.6 Å². The minimum absolute atomic E-state index is 0.228. The van der Waals surface area contributed by atoms with E-state index in [1.807, 2.05) is 18.2 Å². The largest absolute Gasteiger partial charge is 0.456 e. The Bertz CT molecular complexity index is 3780. The smallest absolute Gasteiger partial charge is 0.236 e. The number of nitrogens with zero attached hydrogens (tertiary/aromatic N) is 4. The number of fused-ring (bicyclic) bond motifs is 7. The van der Waals surface area contributed by atoms with E-state index in [4.69, 9.17) is 18.8 Å². The third-order valence-corrected chi connectivity index (χ3v) is 12.7. The summed E-state index contributed by atoms with van der Waals surface area (Å²) in [5.41, 5.74) is 16.1. The Morgan fingerprint density at radius 1 is 0.667 bits per heavy atom. The van der Waals surface area contributed by atoms with Crippen LogP contribution in [0.15, 0.2) is 142 Å². The molecule has 0 bridgehead atoms. The highest BCUT2D eigenvalue weighted by atomic mass is 16.3. The van der Waals surface area contributed by atoms with Crippen molar-refractivity contribution in [2.75, 3.05) is 0 Å². The average molecular weight is 731 g/mol. The van der Waals surface area contributed by atoms with Gasteiger partial charge in [-0.1, -0.05) is 91.0 Å². The Kier molecular flexibility index (Phi) is 5.59. The Labute approximate surface area is 324 Å². The molecule has 5 aromatic heterocycles. The highest BCUT2D eigenvalue weighted by Gasteiger charge is 2.30. The molecule has 0 spiro atoms. The van der Waals surface area contributed by atoms with Crippen molar-refractivity contribution in [2.45, 2.75) is 25.3 Å². The number of rotatable bonds is 3. The maximum atomic E-state index is 6.81. The Morgan fingerprint density at radius 3 is 2.40 bits per heavy atom. The maximum absolute atomic E-state index is 6.81. The van der Waals surface area contributed by atoms with Crippen LogP contribution in [0.5, 0.6) is 0 Å². The Hall–Kier alpha value is -7.40. The molecule has 57 heavy (non-hydrogen) atoms. The molecular weight excluding hydrogens is 701 g/mol. The molecule has 11 aromatic rings. The second kappa shape index (κ2) is 10.7. The second-order valence-electron chi connectivity index (χ2n) is 15.6. The summed E-state index contributed by atoms with van der Waals surface area (Å²) in [7, 11) is 0. The monoisotopic (exact) mass is 730 g/mol. The molecule has 14 rings (SSSR count). The van der Waals surface area contributed by atoms with Crippen LogP contribution in [-0.2, 0) is 0 Å². The van der Waals surface area contributed by atoms with Crippen molar-refractivity contribution in [3.8, 4) is 28.3 Å². The van der Waals surface area contributed by atoms with Gasteiger partial charge in [0, 0.05) is 55.0 Å². The van der Waals surface area contributed by atoms with Crippen LogP contribution < -0.4 is 0 Å². The van der Waals surface area contributed by atoms with Crippen LogP contribution in [0.4, 0.5) is 0 Å². The standard InChI is InChI=1S/C51H30N4O2/c1-3-13-29(14-4-1)54-36-21-8-7-15-30(36)33-19-10-20-35(49(33)54)48-50-47(34-16-5-2-6-22-39(34)57-50)52-51(53-48)55-37-25-24-28-12-9-17-31-32-18-11-23-40-43(32)46-41(56-40)27-26-38(55)45(46)44(37)42(28)31/h2-3,5,7-13,15-27,29H,1,4,14H2. The zero-order chi connectivity index (χ0) is 36.9. The van der Waals surface area contributed by atoms with Crippen LogP contribution in [0.1, 0.15) is 36.6 Å². The van der Waals surface area contributed by atoms with Crippen molar-refractivity contribution < 1.29 is 8.83 Å². The summed E-state index contributed by atoms with van der Waals surface area (Å²) in [6, 6.07) is 37.5. The normalized spacial score (nSPS) is 15.8. The zero-order valence-corrected chi connectivity index (χ0v) is 30.6. The fourth-order valence-corrected chi connectivity index (χ4v) is 10.4. The summed E-state index contributed by atoms with van der Waals surface area (Å²) in [5, 5.41) is 9.53. The summed E-state index contributed by atoms with van der Waals surface area (Å²) in [6.45, 7) is 0. The van der Waals surface area contributed by atoms with Crippen LogP contribution in [0.2, 0.25) is 0 Å². The van der Waals surface area contributed by atoms with Crippen molar-refractivity contribution in [1.29, 1.82) is 0 Å². The van der Waals surface area contributed by atoms with Crippen molar-refractivity contribution in [2.24, 2.45) is 0 Å². The number of allylic oxidation sites excluding steroid dienone is 4. The van der Waals surface area contributed by atoms with Gasteiger partial charge < -0.3 is 13.4 Å². The van der Waals surface area contributed by atoms with Crippen LogP contribution >= 0.6 is 0 Å². The molecule has 1 unspecified atom stereocenters. The maximum Gasteiger partial charge on any atom is 0.236 e. The minimum Gasteiger partial charge on any atom is -0.456 e. The predicted molar refractivity (Wildman–Crippen MR) is 232 cm³/mol. The van der Waals surface area contributed by atoms with E-state index in [1.54, 1.807) is 0 Å². The first-order chi connectivity index (χ1) is 28.3. The SMILES string of the molecule is C1=CC=Cc2c(oc3c(-c4cccc5c6ccccc6n(C6C=CCCC6)c45)nc(-n4c5ccc6cccc7c6c5c5c6c(ccc54)oc4cccc-7c46)nc23)C=1. The lowest BCUT2D eigenvalue weighted by Gasteiger charge is -2.22.